The number of ether oxygens (including phenoxy) is 1. The molecule has 0 aromatic carbocycles. The minimum atomic E-state index is -5.87. The smallest absolute Gasteiger partial charge is 0.457 e. The second-order valence-electron chi connectivity index (χ2n) is 6.44. The molecule has 0 heterocycles. The Balaban J connectivity index is 1.79. The summed E-state index contributed by atoms with van der Waals surface area (Å²) in [5.74, 6) is -2.44. The van der Waals surface area contributed by atoms with Crippen LogP contribution in [0.2, 0.25) is 0 Å². The zero-order valence-electron chi connectivity index (χ0n) is 11.6. The largest absolute Gasteiger partial charge is 0.465 e. The lowest BCUT2D eigenvalue weighted by molar-refractivity contribution is -0.180. The molecule has 0 aromatic rings. The van der Waals surface area contributed by atoms with Gasteiger partial charge in [-0.3, -0.25) is 9.35 Å². The number of fused-ring (bicyclic) bond motifs is 2. The molecule has 3 aliphatic carbocycles. The van der Waals surface area contributed by atoms with Crippen LogP contribution in [0.1, 0.15) is 32.1 Å². The van der Waals surface area contributed by atoms with Crippen LogP contribution >= 0.6 is 0 Å². The standard InChI is InChI=1S/C13H16F2O6S/c14-13(15,22(18,19)20)12(17)21-10-5-8-4-7-3-6(11(8)16)1-2-9(7)10/h6-10H,1-5H2,(H,18,19,20). The van der Waals surface area contributed by atoms with E-state index in [1.807, 2.05) is 0 Å². The summed E-state index contributed by atoms with van der Waals surface area (Å²) in [6, 6.07) is 0. The van der Waals surface area contributed by atoms with Crippen LogP contribution in [0.15, 0.2) is 0 Å². The second kappa shape index (κ2) is 4.95. The van der Waals surface area contributed by atoms with Crippen LogP contribution in [0, 0.1) is 23.7 Å². The van der Waals surface area contributed by atoms with E-state index >= 15 is 0 Å². The monoisotopic (exact) mass is 338 g/mol. The molecule has 0 spiro atoms. The van der Waals surface area contributed by atoms with Crippen LogP contribution in [0.4, 0.5) is 8.78 Å². The third kappa shape index (κ3) is 2.34. The molecule has 5 atom stereocenters. The van der Waals surface area contributed by atoms with Crippen molar-refractivity contribution in [3.05, 3.63) is 0 Å². The van der Waals surface area contributed by atoms with Gasteiger partial charge >= 0.3 is 21.3 Å². The number of esters is 1. The van der Waals surface area contributed by atoms with E-state index in [2.05, 4.69) is 0 Å². The molecule has 0 radical (unpaired) electrons. The van der Waals surface area contributed by atoms with Crippen molar-refractivity contribution >= 4 is 21.9 Å². The van der Waals surface area contributed by atoms with Crippen LogP contribution < -0.4 is 0 Å². The van der Waals surface area contributed by atoms with E-state index in [4.69, 9.17) is 9.29 Å². The summed E-state index contributed by atoms with van der Waals surface area (Å²) in [6.07, 6.45) is 1.88. The average molecular weight is 338 g/mol. The normalized spacial score (nSPS) is 38.0. The van der Waals surface area contributed by atoms with Crippen molar-refractivity contribution < 1.29 is 36.1 Å². The fourth-order valence-corrected chi connectivity index (χ4v) is 4.49. The average Bonchev–Trinajstić information content (AvgIpc) is 2.43. The van der Waals surface area contributed by atoms with Gasteiger partial charge in [-0.05, 0) is 43.9 Å². The molecule has 3 aliphatic rings. The van der Waals surface area contributed by atoms with E-state index in [-0.39, 0.29) is 35.9 Å². The van der Waals surface area contributed by atoms with Crippen LogP contribution in [-0.4, -0.2) is 36.1 Å². The third-order valence-electron chi connectivity index (χ3n) is 5.25. The molecule has 0 aliphatic heterocycles. The number of hydrogen-bond acceptors (Lipinski definition) is 5. The van der Waals surface area contributed by atoms with Crippen LogP contribution in [-0.2, 0) is 24.4 Å². The lowest BCUT2D eigenvalue weighted by atomic mass is 9.56. The van der Waals surface area contributed by atoms with Gasteiger partial charge in [0.1, 0.15) is 11.9 Å². The Labute approximate surface area is 125 Å². The predicted molar refractivity (Wildman–Crippen MR) is 68.4 cm³/mol. The number of carbonyl (C=O) groups is 2. The maximum Gasteiger partial charge on any atom is 0.465 e. The van der Waals surface area contributed by atoms with Gasteiger partial charge in [0.2, 0.25) is 0 Å². The van der Waals surface area contributed by atoms with Crippen molar-refractivity contribution in [3.63, 3.8) is 0 Å². The molecule has 124 valence electrons. The maximum atomic E-state index is 13.3. The molecule has 1 N–H and O–H groups in total. The first-order chi connectivity index (χ1) is 10.1. The zero-order chi connectivity index (χ0) is 16.3. The van der Waals surface area contributed by atoms with Crippen LogP contribution in [0.3, 0.4) is 0 Å². The molecule has 5 unspecified atom stereocenters. The number of Topliss-reactive ketones (excluding diaryl/α,β-unsaturated/α-hetero) is 1. The van der Waals surface area contributed by atoms with E-state index in [1.165, 1.54) is 0 Å². The Morgan fingerprint density at radius 1 is 1.18 bits per heavy atom. The van der Waals surface area contributed by atoms with E-state index < -0.39 is 27.4 Å². The van der Waals surface area contributed by atoms with Crippen molar-refractivity contribution in [1.29, 1.82) is 0 Å². The molecule has 22 heavy (non-hydrogen) atoms. The summed E-state index contributed by atoms with van der Waals surface area (Å²) < 4.78 is 61.0. The molecular formula is C13H16F2O6S. The fourth-order valence-electron chi connectivity index (χ4n) is 4.24. The van der Waals surface area contributed by atoms with Gasteiger partial charge < -0.3 is 4.74 Å². The van der Waals surface area contributed by atoms with Crippen molar-refractivity contribution in [2.75, 3.05) is 0 Å². The number of alkyl halides is 2. The number of carbonyl (C=O) groups excluding carboxylic acids is 2. The number of ketones is 1. The van der Waals surface area contributed by atoms with Gasteiger partial charge in [0, 0.05) is 11.8 Å². The summed E-state index contributed by atoms with van der Waals surface area (Å²) in [7, 11) is -5.87. The van der Waals surface area contributed by atoms with Gasteiger partial charge in [0.25, 0.3) is 0 Å². The highest BCUT2D eigenvalue weighted by molar-refractivity contribution is 7.87. The Bertz CT molecular complexity index is 614. The Morgan fingerprint density at radius 2 is 1.82 bits per heavy atom. The number of halogens is 2. The molecule has 3 rings (SSSR count). The van der Waals surface area contributed by atoms with Crippen molar-refractivity contribution in [3.8, 4) is 0 Å². The number of hydrogen-bond donors (Lipinski definition) is 1. The van der Waals surface area contributed by atoms with E-state index in [0.29, 0.717) is 25.7 Å². The molecule has 0 saturated heterocycles. The lowest BCUT2D eigenvalue weighted by Gasteiger charge is -2.50. The fraction of sp³-hybridized carbons (Fsp3) is 0.846. The van der Waals surface area contributed by atoms with E-state index in [1.54, 1.807) is 0 Å². The summed E-state index contributed by atoms with van der Waals surface area (Å²) >= 11 is 0. The molecule has 3 bridgehead atoms. The van der Waals surface area contributed by atoms with Crippen molar-refractivity contribution in [2.45, 2.75) is 43.5 Å². The highest BCUT2D eigenvalue weighted by Gasteiger charge is 2.57. The Kier molecular flexibility index (Phi) is 3.56. The van der Waals surface area contributed by atoms with Crippen molar-refractivity contribution in [1.82, 2.24) is 0 Å². The molecule has 0 aromatic heterocycles. The minimum Gasteiger partial charge on any atom is -0.457 e. The summed E-state index contributed by atoms with van der Waals surface area (Å²) in [5, 5.41) is -4.99. The van der Waals surface area contributed by atoms with E-state index in [0.717, 1.165) is 0 Å². The Hall–Kier alpha value is -1.09. The molecule has 3 fully saturated rings. The first kappa shape index (κ1) is 15.8. The highest BCUT2D eigenvalue weighted by Crippen LogP contribution is 2.51. The second-order valence-corrected chi connectivity index (χ2v) is 7.90. The van der Waals surface area contributed by atoms with Gasteiger partial charge in [-0.1, -0.05) is 0 Å². The van der Waals surface area contributed by atoms with E-state index in [9.17, 15) is 26.8 Å². The topological polar surface area (TPSA) is 97.7 Å². The van der Waals surface area contributed by atoms with Crippen LogP contribution in [0.25, 0.3) is 0 Å². The third-order valence-corrected chi connectivity index (χ3v) is 6.06. The van der Waals surface area contributed by atoms with Gasteiger partial charge in [-0.25, -0.2) is 4.79 Å². The minimum absolute atomic E-state index is 0.0240. The molecule has 3 saturated carbocycles. The molecule has 0 amide bonds. The summed E-state index contributed by atoms with van der Waals surface area (Å²) in [4.78, 5) is 23.6. The summed E-state index contributed by atoms with van der Waals surface area (Å²) in [5.41, 5.74) is 0. The maximum absolute atomic E-state index is 13.3. The van der Waals surface area contributed by atoms with Crippen LogP contribution in [0.5, 0.6) is 0 Å². The highest BCUT2D eigenvalue weighted by atomic mass is 32.2. The SMILES string of the molecule is O=C1C2CCC3C(C2)CC1CC3OC(=O)C(F)(F)S(=O)(=O)O. The Morgan fingerprint density at radius 3 is 2.45 bits per heavy atom. The molecule has 6 nitrogen and oxygen atoms in total. The first-order valence-corrected chi connectivity index (χ1v) is 8.65. The zero-order valence-corrected chi connectivity index (χ0v) is 12.4. The molecular weight excluding hydrogens is 322 g/mol. The van der Waals surface area contributed by atoms with Gasteiger partial charge in [-0.2, -0.15) is 17.2 Å². The van der Waals surface area contributed by atoms with Gasteiger partial charge in [0.05, 0.1) is 0 Å². The predicted octanol–water partition coefficient (Wildman–Crippen LogP) is 1.40. The van der Waals surface area contributed by atoms with Gasteiger partial charge in [0.15, 0.2) is 0 Å². The number of rotatable bonds is 3. The lowest BCUT2D eigenvalue weighted by Crippen LogP contribution is -2.52. The summed E-state index contributed by atoms with van der Waals surface area (Å²) in [6.45, 7) is 0. The molecule has 9 heteroatoms. The van der Waals surface area contributed by atoms with Gasteiger partial charge in [-0.15, -0.1) is 0 Å². The van der Waals surface area contributed by atoms with Crippen molar-refractivity contribution in [2.24, 2.45) is 23.7 Å². The first-order valence-electron chi connectivity index (χ1n) is 7.21. The quantitative estimate of drug-likeness (QED) is 0.617.